The Kier molecular flexibility index (Phi) is 5.06. The maximum absolute atomic E-state index is 12.4. The number of fused-ring (bicyclic) bond motifs is 1. The summed E-state index contributed by atoms with van der Waals surface area (Å²) in [6.45, 7) is 0.974. The fourth-order valence-electron chi connectivity index (χ4n) is 2.53. The number of aromatic nitrogens is 1. The van der Waals surface area contributed by atoms with E-state index in [0.29, 0.717) is 24.6 Å². The zero-order chi connectivity index (χ0) is 16.9. The molecule has 1 N–H and O–H groups in total. The van der Waals surface area contributed by atoms with Gasteiger partial charge in [0.2, 0.25) is 5.91 Å². The molecule has 5 heteroatoms. The van der Waals surface area contributed by atoms with Crippen LogP contribution in [-0.2, 0) is 11.2 Å². The summed E-state index contributed by atoms with van der Waals surface area (Å²) in [4.78, 5) is 17.3. The van der Waals surface area contributed by atoms with E-state index in [-0.39, 0.29) is 5.91 Å². The molecule has 0 aliphatic heterocycles. The van der Waals surface area contributed by atoms with Gasteiger partial charge >= 0.3 is 0 Å². The summed E-state index contributed by atoms with van der Waals surface area (Å²) in [6, 6.07) is 15.2. The molecule has 124 valence electrons. The first-order chi connectivity index (χ1) is 11.6. The first kappa shape index (κ1) is 16.4. The highest BCUT2D eigenvalue weighted by Gasteiger charge is 2.12. The van der Waals surface area contributed by atoms with E-state index in [9.17, 15) is 4.79 Å². The second kappa shape index (κ2) is 7.41. The predicted octanol–water partition coefficient (Wildman–Crippen LogP) is 3.90. The van der Waals surface area contributed by atoms with Gasteiger partial charge in [-0.05, 0) is 35.9 Å². The Morgan fingerprint density at radius 1 is 1.17 bits per heavy atom. The lowest BCUT2D eigenvalue weighted by Gasteiger charge is -2.17. The van der Waals surface area contributed by atoms with Gasteiger partial charge in [0.15, 0.2) is 0 Å². The van der Waals surface area contributed by atoms with Crippen molar-refractivity contribution in [3.63, 3.8) is 0 Å². The van der Waals surface area contributed by atoms with Gasteiger partial charge in [-0.15, -0.1) is 0 Å². The van der Waals surface area contributed by atoms with Gasteiger partial charge in [0.05, 0.1) is 13.0 Å². The van der Waals surface area contributed by atoms with E-state index in [1.165, 1.54) is 0 Å². The topological polar surface area (TPSA) is 45.3 Å². The lowest BCUT2D eigenvalue weighted by molar-refractivity contribution is -0.129. The number of ether oxygens (including phenoxy) is 1. The minimum absolute atomic E-state index is 0.0689. The van der Waals surface area contributed by atoms with Gasteiger partial charge in [0.1, 0.15) is 12.4 Å². The number of nitrogens with one attached hydrogen (secondary N) is 1. The maximum atomic E-state index is 12.4. The molecule has 0 atom stereocenters. The van der Waals surface area contributed by atoms with Crippen molar-refractivity contribution >= 4 is 28.4 Å². The van der Waals surface area contributed by atoms with E-state index in [1.54, 1.807) is 24.1 Å². The summed E-state index contributed by atoms with van der Waals surface area (Å²) >= 11 is 5.84. The fourth-order valence-corrected chi connectivity index (χ4v) is 2.66. The van der Waals surface area contributed by atoms with Gasteiger partial charge in [-0.3, -0.25) is 4.79 Å². The number of aromatic amines is 1. The summed E-state index contributed by atoms with van der Waals surface area (Å²) in [5.41, 5.74) is 2.06. The van der Waals surface area contributed by atoms with Crippen LogP contribution in [0.5, 0.6) is 5.75 Å². The Hall–Kier alpha value is -2.46. The van der Waals surface area contributed by atoms with E-state index >= 15 is 0 Å². The number of para-hydroxylation sites is 1. The Morgan fingerprint density at radius 3 is 2.71 bits per heavy atom. The van der Waals surface area contributed by atoms with Crippen molar-refractivity contribution in [1.29, 1.82) is 0 Å². The summed E-state index contributed by atoms with van der Waals surface area (Å²) in [7, 11) is 1.79. The van der Waals surface area contributed by atoms with Crippen LogP contribution >= 0.6 is 11.6 Å². The number of likely N-dealkylation sites (N-methyl/N-ethyl adjacent to an activating group) is 1. The van der Waals surface area contributed by atoms with Crippen molar-refractivity contribution in [3.05, 3.63) is 65.3 Å². The molecule has 0 aliphatic carbocycles. The van der Waals surface area contributed by atoms with E-state index in [4.69, 9.17) is 16.3 Å². The molecular weight excluding hydrogens is 324 g/mol. The van der Waals surface area contributed by atoms with Crippen molar-refractivity contribution in [2.75, 3.05) is 20.2 Å². The first-order valence-electron chi connectivity index (χ1n) is 7.81. The minimum atomic E-state index is 0.0689. The van der Waals surface area contributed by atoms with Crippen LogP contribution in [0.1, 0.15) is 5.56 Å². The molecule has 0 saturated heterocycles. The average molecular weight is 343 g/mol. The fraction of sp³-hybridized carbons (Fsp3) is 0.211. The second-order valence-corrected chi connectivity index (χ2v) is 6.09. The first-order valence-corrected chi connectivity index (χ1v) is 8.18. The van der Waals surface area contributed by atoms with Crippen LogP contribution in [0.2, 0.25) is 5.02 Å². The van der Waals surface area contributed by atoms with Crippen LogP contribution in [0.25, 0.3) is 10.9 Å². The third-order valence-electron chi connectivity index (χ3n) is 3.95. The molecule has 2 aromatic carbocycles. The zero-order valence-corrected chi connectivity index (χ0v) is 14.2. The number of benzene rings is 2. The number of carbonyl (C=O) groups is 1. The van der Waals surface area contributed by atoms with Crippen molar-refractivity contribution in [2.45, 2.75) is 6.42 Å². The van der Waals surface area contributed by atoms with Crippen LogP contribution in [0.15, 0.2) is 54.7 Å². The van der Waals surface area contributed by atoms with E-state index in [0.717, 1.165) is 22.2 Å². The highest BCUT2D eigenvalue weighted by Crippen LogP contribution is 2.19. The molecule has 3 aromatic rings. The third-order valence-corrected chi connectivity index (χ3v) is 4.20. The summed E-state index contributed by atoms with van der Waals surface area (Å²) in [6.07, 6.45) is 2.28. The molecule has 24 heavy (non-hydrogen) atoms. The highest BCUT2D eigenvalue weighted by molar-refractivity contribution is 6.30. The van der Waals surface area contributed by atoms with E-state index in [1.807, 2.05) is 42.6 Å². The minimum Gasteiger partial charge on any atom is -0.492 e. The SMILES string of the molecule is CN(CCOc1ccc(Cl)cc1)C(=O)Cc1c[nH]c2ccccc12. The molecule has 1 aromatic heterocycles. The molecule has 0 aliphatic rings. The number of hydrogen-bond acceptors (Lipinski definition) is 2. The highest BCUT2D eigenvalue weighted by atomic mass is 35.5. The molecule has 0 spiro atoms. The molecular formula is C19H19ClN2O2. The summed E-state index contributed by atoms with van der Waals surface area (Å²) in [5.74, 6) is 0.816. The van der Waals surface area contributed by atoms with Crippen molar-refractivity contribution in [1.82, 2.24) is 9.88 Å². The molecule has 0 unspecified atom stereocenters. The van der Waals surface area contributed by atoms with Crippen molar-refractivity contribution in [3.8, 4) is 5.75 Å². The Bertz CT molecular complexity index is 827. The van der Waals surface area contributed by atoms with Gasteiger partial charge in [0.25, 0.3) is 0 Å². The van der Waals surface area contributed by atoms with Crippen LogP contribution < -0.4 is 4.74 Å². The van der Waals surface area contributed by atoms with E-state index in [2.05, 4.69) is 4.98 Å². The number of halogens is 1. The largest absolute Gasteiger partial charge is 0.492 e. The Morgan fingerprint density at radius 2 is 1.92 bits per heavy atom. The Balaban J connectivity index is 1.52. The molecule has 1 heterocycles. The van der Waals surface area contributed by atoms with Crippen LogP contribution in [0, 0.1) is 0 Å². The maximum Gasteiger partial charge on any atom is 0.226 e. The number of hydrogen-bond donors (Lipinski definition) is 1. The van der Waals surface area contributed by atoms with Gasteiger partial charge in [-0.2, -0.15) is 0 Å². The monoisotopic (exact) mass is 342 g/mol. The standard InChI is InChI=1S/C19H19ClN2O2/c1-22(10-11-24-16-8-6-15(20)7-9-16)19(23)12-14-13-21-18-5-3-2-4-17(14)18/h2-9,13,21H,10-12H2,1H3. The third kappa shape index (κ3) is 3.89. The van der Waals surface area contributed by atoms with E-state index < -0.39 is 0 Å². The molecule has 0 radical (unpaired) electrons. The van der Waals surface area contributed by atoms with Crippen LogP contribution in [0.3, 0.4) is 0 Å². The molecule has 0 saturated carbocycles. The number of amides is 1. The lowest BCUT2D eigenvalue weighted by atomic mass is 10.1. The van der Waals surface area contributed by atoms with Gasteiger partial charge in [-0.1, -0.05) is 29.8 Å². The average Bonchev–Trinajstić information content (AvgIpc) is 3.00. The van der Waals surface area contributed by atoms with Gasteiger partial charge in [0, 0.05) is 29.2 Å². The summed E-state index contributed by atoms with van der Waals surface area (Å²) < 4.78 is 5.63. The lowest BCUT2D eigenvalue weighted by Crippen LogP contribution is -2.32. The normalized spacial score (nSPS) is 10.8. The predicted molar refractivity (Wildman–Crippen MR) is 96.6 cm³/mol. The van der Waals surface area contributed by atoms with Crippen molar-refractivity contribution < 1.29 is 9.53 Å². The second-order valence-electron chi connectivity index (χ2n) is 5.65. The van der Waals surface area contributed by atoms with Crippen molar-refractivity contribution in [2.24, 2.45) is 0 Å². The van der Waals surface area contributed by atoms with Gasteiger partial charge in [-0.25, -0.2) is 0 Å². The summed E-state index contributed by atoms with van der Waals surface area (Å²) in [5, 5.41) is 1.77. The smallest absolute Gasteiger partial charge is 0.226 e. The molecule has 3 rings (SSSR count). The quantitative estimate of drug-likeness (QED) is 0.738. The number of nitrogens with zero attached hydrogens (tertiary/aromatic N) is 1. The number of H-pyrrole nitrogens is 1. The number of carbonyl (C=O) groups excluding carboxylic acids is 1. The van der Waals surface area contributed by atoms with Gasteiger partial charge < -0.3 is 14.6 Å². The molecule has 0 bridgehead atoms. The zero-order valence-electron chi connectivity index (χ0n) is 13.5. The van der Waals surface area contributed by atoms with Crippen LogP contribution in [0.4, 0.5) is 0 Å². The molecule has 0 fully saturated rings. The molecule has 1 amide bonds. The Labute approximate surface area is 146 Å². The number of rotatable bonds is 6. The van der Waals surface area contributed by atoms with Crippen LogP contribution in [-0.4, -0.2) is 36.0 Å². The molecule has 4 nitrogen and oxygen atoms in total.